The molecule has 1 atom stereocenters. The van der Waals surface area contributed by atoms with Crippen molar-refractivity contribution in [3.63, 3.8) is 0 Å². The molecule has 0 aliphatic carbocycles. The molecular formula is C27H31ClN6O3. The van der Waals surface area contributed by atoms with Crippen molar-refractivity contribution in [2.45, 2.75) is 66.0 Å². The Balaban J connectivity index is 1.72. The maximum Gasteiger partial charge on any atom is 0.420 e. The van der Waals surface area contributed by atoms with Crippen LogP contribution in [0.2, 0.25) is 5.02 Å². The van der Waals surface area contributed by atoms with Crippen molar-refractivity contribution in [1.29, 1.82) is 0 Å². The van der Waals surface area contributed by atoms with E-state index < -0.39 is 11.7 Å². The molecule has 0 spiro atoms. The van der Waals surface area contributed by atoms with Crippen LogP contribution in [0.25, 0.3) is 22.3 Å². The van der Waals surface area contributed by atoms with Crippen LogP contribution >= 0.6 is 11.6 Å². The number of halogens is 1. The van der Waals surface area contributed by atoms with E-state index in [1.165, 1.54) is 17.0 Å². The molecule has 0 bridgehead atoms. The third-order valence-corrected chi connectivity index (χ3v) is 6.00. The van der Waals surface area contributed by atoms with Gasteiger partial charge in [0.2, 0.25) is 5.95 Å². The van der Waals surface area contributed by atoms with Gasteiger partial charge in [0.1, 0.15) is 11.2 Å². The Morgan fingerprint density at radius 1 is 1.14 bits per heavy atom. The Morgan fingerprint density at radius 3 is 2.49 bits per heavy atom. The lowest BCUT2D eigenvalue weighted by molar-refractivity contribution is 0.0543. The normalized spacial score (nSPS) is 12.7. The van der Waals surface area contributed by atoms with Crippen LogP contribution in [0, 0.1) is 6.92 Å². The zero-order chi connectivity index (χ0) is 27.1. The van der Waals surface area contributed by atoms with Crippen molar-refractivity contribution in [2.75, 3.05) is 5.32 Å². The van der Waals surface area contributed by atoms with E-state index in [1.54, 1.807) is 18.3 Å². The summed E-state index contributed by atoms with van der Waals surface area (Å²) < 4.78 is 7.00. The van der Waals surface area contributed by atoms with Gasteiger partial charge in [-0.15, -0.1) is 0 Å². The van der Waals surface area contributed by atoms with Gasteiger partial charge in [0, 0.05) is 41.6 Å². The largest absolute Gasteiger partial charge is 0.443 e. The van der Waals surface area contributed by atoms with Crippen molar-refractivity contribution >= 4 is 34.7 Å². The summed E-state index contributed by atoms with van der Waals surface area (Å²) in [5.74, 6) is 0.265. The van der Waals surface area contributed by atoms with Crippen LogP contribution in [0.5, 0.6) is 0 Å². The highest BCUT2D eigenvalue weighted by atomic mass is 35.5. The lowest BCUT2D eigenvalue weighted by Crippen LogP contribution is -2.26. The highest BCUT2D eigenvalue weighted by Gasteiger charge is 2.25. The first kappa shape index (κ1) is 26.3. The number of nitrogens with one attached hydrogen (secondary N) is 2. The summed E-state index contributed by atoms with van der Waals surface area (Å²) in [5.41, 5.74) is 3.00. The Kier molecular flexibility index (Phi) is 7.10. The first-order chi connectivity index (χ1) is 17.3. The van der Waals surface area contributed by atoms with Crippen LogP contribution in [-0.4, -0.2) is 42.2 Å². The second kappa shape index (κ2) is 9.97. The maximum absolute atomic E-state index is 12.9. The van der Waals surface area contributed by atoms with Gasteiger partial charge < -0.3 is 10.1 Å². The van der Waals surface area contributed by atoms with E-state index in [0.717, 1.165) is 22.2 Å². The van der Waals surface area contributed by atoms with Gasteiger partial charge in [0.05, 0.1) is 16.3 Å². The second-order valence-corrected chi connectivity index (χ2v) is 10.8. The van der Waals surface area contributed by atoms with Crippen molar-refractivity contribution < 1.29 is 9.53 Å². The van der Waals surface area contributed by atoms with Crippen molar-refractivity contribution in [3.8, 4) is 11.3 Å². The topological polar surface area (TPSA) is 115 Å². The lowest BCUT2D eigenvalue weighted by Gasteiger charge is -2.19. The molecule has 4 aromatic heterocycles. The third-order valence-electron chi connectivity index (χ3n) is 5.79. The SMILES string of the molecule is Cc1nc(-c2cnc(NC(C)C)[nH]c2=O)ccc1C(C)c1cn(C(=O)OC(C)(C)C)c2ncc(Cl)cc12. The minimum Gasteiger partial charge on any atom is -0.443 e. The van der Waals surface area contributed by atoms with E-state index in [9.17, 15) is 9.59 Å². The molecular weight excluding hydrogens is 492 g/mol. The Bertz CT molecular complexity index is 1530. The second-order valence-electron chi connectivity index (χ2n) is 10.3. The summed E-state index contributed by atoms with van der Waals surface area (Å²) >= 11 is 6.27. The lowest BCUT2D eigenvalue weighted by atomic mass is 9.92. The number of carbonyl (C=O) groups is 1. The zero-order valence-corrected chi connectivity index (χ0v) is 22.8. The van der Waals surface area contributed by atoms with E-state index in [-0.39, 0.29) is 17.5 Å². The minimum atomic E-state index is -0.655. The minimum absolute atomic E-state index is 0.140. The molecule has 0 aromatic carbocycles. The average molecular weight is 523 g/mol. The van der Waals surface area contributed by atoms with Crippen molar-refractivity contribution in [3.05, 3.63) is 69.0 Å². The molecule has 0 aliphatic heterocycles. The number of H-pyrrole nitrogens is 1. The number of aryl methyl sites for hydroxylation is 1. The quantitative estimate of drug-likeness (QED) is 0.335. The summed E-state index contributed by atoms with van der Waals surface area (Å²) in [7, 11) is 0. The zero-order valence-electron chi connectivity index (χ0n) is 22.0. The fraction of sp³-hybridized carbons (Fsp3) is 0.370. The number of ether oxygens (including phenoxy) is 1. The number of anilines is 1. The van der Waals surface area contributed by atoms with Crippen LogP contribution in [0.4, 0.5) is 10.7 Å². The van der Waals surface area contributed by atoms with E-state index in [2.05, 4.69) is 20.3 Å². The summed E-state index contributed by atoms with van der Waals surface area (Å²) in [6, 6.07) is 5.68. The van der Waals surface area contributed by atoms with E-state index in [4.69, 9.17) is 21.3 Å². The number of nitrogens with zero attached hydrogens (tertiary/aromatic N) is 4. The fourth-order valence-electron chi connectivity index (χ4n) is 4.17. The maximum atomic E-state index is 12.9. The average Bonchev–Trinajstić information content (AvgIpc) is 3.16. The number of aromatic amines is 1. The van der Waals surface area contributed by atoms with Crippen LogP contribution in [0.15, 0.2) is 41.6 Å². The van der Waals surface area contributed by atoms with E-state index >= 15 is 0 Å². The first-order valence-electron chi connectivity index (χ1n) is 12.1. The van der Waals surface area contributed by atoms with Gasteiger partial charge in [-0.2, -0.15) is 0 Å². The van der Waals surface area contributed by atoms with Gasteiger partial charge in [-0.25, -0.2) is 19.3 Å². The molecule has 194 valence electrons. The molecule has 4 rings (SSSR count). The molecule has 4 heterocycles. The van der Waals surface area contributed by atoms with Gasteiger partial charge in [-0.05, 0) is 64.8 Å². The molecule has 10 heteroatoms. The van der Waals surface area contributed by atoms with Gasteiger partial charge in [0.15, 0.2) is 0 Å². The molecule has 1 unspecified atom stereocenters. The molecule has 0 aliphatic rings. The first-order valence-corrected chi connectivity index (χ1v) is 12.5. The fourth-order valence-corrected chi connectivity index (χ4v) is 4.33. The molecule has 2 N–H and O–H groups in total. The number of pyridine rings is 2. The van der Waals surface area contributed by atoms with Crippen LogP contribution in [0.3, 0.4) is 0 Å². The highest BCUT2D eigenvalue weighted by Crippen LogP contribution is 2.34. The van der Waals surface area contributed by atoms with Gasteiger partial charge in [-0.1, -0.05) is 24.6 Å². The third kappa shape index (κ3) is 5.67. The highest BCUT2D eigenvalue weighted by molar-refractivity contribution is 6.31. The molecule has 37 heavy (non-hydrogen) atoms. The van der Waals surface area contributed by atoms with Gasteiger partial charge in [0.25, 0.3) is 5.56 Å². The number of fused-ring (bicyclic) bond motifs is 1. The summed E-state index contributed by atoms with van der Waals surface area (Å²) in [6.45, 7) is 13.3. The molecule has 9 nitrogen and oxygen atoms in total. The predicted octanol–water partition coefficient (Wildman–Crippen LogP) is 5.90. The predicted molar refractivity (Wildman–Crippen MR) is 145 cm³/mol. The summed E-state index contributed by atoms with van der Waals surface area (Å²) in [5, 5.41) is 4.30. The molecule has 0 radical (unpaired) electrons. The van der Waals surface area contributed by atoms with Gasteiger partial charge in [-0.3, -0.25) is 14.8 Å². The van der Waals surface area contributed by atoms with Gasteiger partial charge >= 0.3 is 6.09 Å². The Labute approximate surface area is 220 Å². The Morgan fingerprint density at radius 2 is 1.86 bits per heavy atom. The number of hydrogen-bond donors (Lipinski definition) is 2. The number of rotatable bonds is 5. The smallest absolute Gasteiger partial charge is 0.420 e. The molecule has 0 saturated heterocycles. The number of aromatic nitrogens is 5. The van der Waals surface area contributed by atoms with Crippen molar-refractivity contribution in [2.24, 2.45) is 0 Å². The standard InChI is InChI=1S/C27H31ClN6O3/c1-14(2)31-25-30-12-20(24(35)33-25)22-9-8-18(16(4)32-22)15(3)21-13-34(26(36)37-27(5,6)7)23-19(21)10-17(28)11-29-23/h8-15H,1-7H3,(H2,30,31,33,35). The molecule has 0 fully saturated rings. The van der Waals surface area contributed by atoms with Crippen LogP contribution in [-0.2, 0) is 4.74 Å². The summed E-state index contributed by atoms with van der Waals surface area (Å²) in [6.07, 6.45) is 4.26. The van der Waals surface area contributed by atoms with Crippen LogP contribution < -0.4 is 10.9 Å². The van der Waals surface area contributed by atoms with Crippen molar-refractivity contribution in [1.82, 2.24) is 24.5 Å². The molecule has 0 amide bonds. The number of hydrogen-bond acceptors (Lipinski definition) is 7. The summed E-state index contributed by atoms with van der Waals surface area (Å²) in [4.78, 5) is 41.8. The molecule has 4 aromatic rings. The van der Waals surface area contributed by atoms with E-state index in [0.29, 0.717) is 27.9 Å². The number of carbonyl (C=O) groups excluding carboxylic acids is 1. The van der Waals surface area contributed by atoms with E-state index in [1.807, 2.05) is 54.5 Å². The monoisotopic (exact) mass is 522 g/mol. The molecule has 0 saturated carbocycles. The Hall–Kier alpha value is -3.72. The van der Waals surface area contributed by atoms with Crippen LogP contribution in [0.1, 0.15) is 64.3 Å².